The van der Waals surface area contributed by atoms with Crippen molar-refractivity contribution in [3.8, 4) is 5.75 Å². The molecule has 1 aromatic heterocycles. The van der Waals surface area contributed by atoms with E-state index in [-0.39, 0.29) is 24.1 Å². The fraction of sp³-hybridized carbons (Fsp3) is 0.158. The highest BCUT2D eigenvalue weighted by molar-refractivity contribution is 8.01. The third-order valence-corrected chi connectivity index (χ3v) is 5.97. The van der Waals surface area contributed by atoms with Crippen LogP contribution in [0.15, 0.2) is 52.9 Å². The van der Waals surface area contributed by atoms with Gasteiger partial charge >= 0.3 is 0 Å². The van der Waals surface area contributed by atoms with Crippen molar-refractivity contribution in [3.63, 3.8) is 0 Å². The molecule has 0 aliphatic rings. The summed E-state index contributed by atoms with van der Waals surface area (Å²) < 4.78 is 5.97. The normalized spacial score (nSPS) is 10.5. The molecule has 0 saturated heterocycles. The van der Waals surface area contributed by atoms with Crippen LogP contribution in [0.25, 0.3) is 0 Å². The number of benzene rings is 2. The molecule has 144 valence electrons. The minimum atomic E-state index is -0.329. The van der Waals surface area contributed by atoms with Gasteiger partial charge in [0.15, 0.2) is 16.7 Å². The van der Waals surface area contributed by atoms with E-state index in [0.29, 0.717) is 25.8 Å². The smallest absolute Gasteiger partial charge is 0.264 e. The highest BCUT2D eigenvalue weighted by atomic mass is 35.5. The molecule has 0 aliphatic carbocycles. The van der Waals surface area contributed by atoms with Crippen molar-refractivity contribution in [2.24, 2.45) is 0 Å². The maximum atomic E-state index is 12.3. The van der Waals surface area contributed by atoms with E-state index in [1.54, 1.807) is 30.3 Å². The molecule has 0 atom stereocenters. The van der Waals surface area contributed by atoms with Crippen molar-refractivity contribution >= 4 is 51.5 Å². The number of anilines is 1. The minimum absolute atomic E-state index is 0.0261. The van der Waals surface area contributed by atoms with Crippen LogP contribution in [-0.4, -0.2) is 34.2 Å². The fourth-order valence-corrected chi connectivity index (χ4v) is 3.95. The van der Waals surface area contributed by atoms with Crippen LogP contribution < -0.4 is 10.1 Å². The van der Waals surface area contributed by atoms with Gasteiger partial charge in [-0.05, 0) is 42.8 Å². The number of aryl methyl sites for hydroxylation is 1. The zero-order chi connectivity index (χ0) is 19.9. The van der Waals surface area contributed by atoms with Crippen LogP contribution >= 0.6 is 34.7 Å². The first-order valence-electron chi connectivity index (χ1n) is 8.24. The van der Waals surface area contributed by atoms with Gasteiger partial charge in [0.2, 0.25) is 5.13 Å². The molecule has 28 heavy (non-hydrogen) atoms. The Labute approximate surface area is 175 Å². The van der Waals surface area contributed by atoms with Gasteiger partial charge in [-0.3, -0.25) is 14.9 Å². The number of ketones is 1. The average molecular weight is 434 g/mol. The number of carbonyl (C=O) groups excluding carboxylic acids is 2. The van der Waals surface area contributed by atoms with E-state index in [9.17, 15) is 9.59 Å². The van der Waals surface area contributed by atoms with Crippen LogP contribution in [0.2, 0.25) is 5.02 Å². The summed E-state index contributed by atoms with van der Waals surface area (Å²) in [6.07, 6.45) is 0. The van der Waals surface area contributed by atoms with Crippen LogP contribution in [0.5, 0.6) is 5.75 Å². The number of amides is 1. The number of carbonyl (C=O) groups is 2. The molecule has 2 aromatic carbocycles. The lowest BCUT2D eigenvalue weighted by atomic mass is 10.1. The number of nitrogens with one attached hydrogen (secondary N) is 1. The molecular weight excluding hydrogens is 418 g/mol. The van der Waals surface area contributed by atoms with Crippen molar-refractivity contribution in [2.45, 2.75) is 11.3 Å². The lowest BCUT2D eigenvalue weighted by Crippen LogP contribution is -2.20. The molecule has 3 rings (SSSR count). The molecule has 0 fully saturated rings. The number of Topliss-reactive ketones (excluding diaryl/α,β-unsaturated/α-hetero) is 1. The second-order valence-corrected chi connectivity index (χ2v) is 8.31. The Morgan fingerprint density at radius 3 is 2.71 bits per heavy atom. The Morgan fingerprint density at radius 2 is 1.96 bits per heavy atom. The molecule has 1 amide bonds. The number of thioether (sulfide) groups is 1. The molecule has 0 spiro atoms. The van der Waals surface area contributed by atoms with Gasteiger partial charge in [-0.1, -0.05) is 52.9 Å². The Kier molecular flexibility index (Phi) is 7.02. The van der Waals surface area contributed by atoms with Crippen molar-refractivity contribution in [3.05, 3.63) is 64.7 Å². The monoisotopic (exact) mass is 433 g/mol. The van der Waals surface area contributed by atoms with Gasteiger partial charge in [-0.15, -0.1) is 10.2 Å². The standard InChI is InChI=1S/C19H16ClN3O3S2/c1-12-9-13(7-8-15(12)20)16(24)11-27-19-23-22-18(28-19)21-17(25)10-26-14-5-3-2-4-6-14/h2-9H,10-11H2,1H3,(H,21,22,25). The average Bonchev–Trinajstić information content (AvgIpc) is 3.14. The van der Waals surface area contributed by atoms with E-state index in [2.05, 4.69) is 15.5 Å². The number of para-hydroxylation sites is 1. The Morgan fingerprint density at radius 1 is 1.18 bits per heavy atom. The third kappa shape index (κ3) is 5.79. The Balaban J connectivity index is 1.47. The molecule has 0 aliphatic heterocycles. The summed E-state index contributed by atoms with van der Waals surface area (Å²) >= 11 is 8.46. The maximum Gasteiger partial charge on any atom is 0.264 e. The van der Waals surface area contributed by atoms with E-state index in [4.69, 9.17) is 16.3 Å². The lowest BCUT2D eigenvalue weighted by molar-refractivity contribution is -0.118. The molecule has 9 heteroatoms. The summed E-state index contributed by atoms with van der Waals surface area (Å²) in [4.78, 5) is 24.2. The van der Waals surface area contributed by atoms with Crippen LogP contribution in [-0.2, 0) is 4.79 Å². The summed E-state index contributed by atoms with van der Waals surface area (Å²) in [5.74, 6) is 0.481. The zero-order valence-corrected chi connectivity index (χ0v) is 17.2. The van der Waals surface area contributed by atoms with Crippen LogP contribution in [0.4, 0.5) is 5.13 Å². The molecule has 1 N–H and O–H groups in total. The predicted octanol–water partition coefficient (Wildman–Crippen LogP) is 4.49. The number of halogens is 1. The van der Waals surface area contributed by atoms with E-state index in [0.717, 1.165) is 5.56 Å². The largest absolute Gasteiger partial charge is 0.484 e. The predicted molar refractivity (Wildman–Crippen MR) is 112 cm³/mol. The topological polar surface area (TPSA) is 81.2 Å². The minimum Gasteiger partial charge on any atom is -0.484 e. The SMILES string of the molecule is Cc1cc(C(=O)CSc2nnc(NC(=O)COc3ccccc3)s2)ccc1Cl. The van der Waals surface area contributed by atoms with Gasteiger partial charge in [0, 0.05) is 10.6 Å². The summed E-state index contributed by atoms with van der Waals surface area (Å²) in [5.41, 5.74) is 1.46. The van der Waals surface area contributed by atoms with E-state index in [1.807, 2.05) is 25.1 Å². The Hall–Kier alpha value is -2.42. The first kappa shape index (κ1) is 20.3. The quantitative estimate of drug-likeness (QED) is 0.320. The molecule has 0 saturated carbocycles. The van der Waals surface area contributed by atoms with Crippen LogP contribution in [0.3, 0.4) is 0 Å². The van der Waals surface area contributed by atoms with Gasteiger partial charge in [-0.2, -0.15) is 0 Å². The van der Waals surface area contributed by atoms with Crippen LogP contribution in [0, 0.1) is 6.92 Å². The van der Waals surface area contributed by atoms with Crippen molar-refractivity contribution in [1.29, 1.82) is 0 Å². The van der Waals surface area contributed by atoms with E-state index >= 15 is 0 Å². The lowest BCUT2D eigenvalue weighted by Gasteiger charge is -2.04. The molecule has 1 heterocycles. The molecular formula is C19H16ClN3O3S2. The number of hydrogen-bond donors (Lipinski definition) is 1. The number of nitrogens with zero attached hydrogens (tertiary/aromatic N) is 2. The summed E-state index contributed by atoms with van der Waals surface area (Å²) in [6.45, 7) is 1.73. The van der Waals surface area contributed by atoms with Gasteiger partial charge in [0.05, 0.1) is 5.75 Å². The number of hydrogen-bond acceptors (Lipinski definition) is 7. The molecule has 0 bridgehead atoms. The summed E-state index contributed by atoms with van der Waals surface area (Å²) in [7, 11) is 0. The number of ether oxygens (including phenoxy) is 1. The van der Waals surface area contributed by atoms with Crippen molar-refractivity contribution < 1.29 is 14.3 Å². The zero-order valence-electron chi connectivity index (χ0n) is 14.8. The van der Waals surface area contributed by atoms with E-state index < -0.39 is 0 Å². The fourth-order valence-electron chi connectivity index (χ4n) is 2.17. The van der Waals surface area contributed by atoms with Gasteiger partial charge in [0.25, 0.3) is 5.91 Å². The van der Waals surface area contributed by atoms with Gasteiger partial charge in [-0.25, -0.2) is 0 Å². The molecule has 0 radical (unpaired) electrons. The van der Waals surface area contributed by atoms with E-state index in [1.165, 1.54) is 23.1 Å². The van der Waals surface area contributed by atoms with Crippen molar-refractivity contribution in [1.82, 2.24) is 10.2 Å². The molecule has 3 aromatic rings. The highest BCUT2D eigenvalue weighted by Crippen LogP contribution is 2.26. The maximum absolute atomic E-state index is 12.3. The first-order valence-corrected chi connectivity index (χ1v) is 10.4. The van der Waals surface area contributed by atoms with Gasteiger partial charge in [0.1, 0.15) is 5.75 Å². The van der Waals surface area contributed by atoms with Crippen molar-refractivity contribution in [2.75, 3.05) is 17.7 Å². The molecule has 0 unspecified atom stereocenters. The summed E-state index contributed by atoms with van der Waals surface area (Å²) in [6, 6.07) is 14.2. The van der Waals surface area contributed by atoms with Gasteiger partial charge < -0.3 is 4.74 Å². The number of aromatic nitrogens is 2. The third-order valence-electron chi connectivity index (χ3n) is 3.57. The first-order chi connectivity index (χ1) is 13.5. The second-order valence-electron chi connectivity index (χ2n) is 5.70. The molecule has 6 nitrogen and oxygen atoms in total. The number of rotatable bonds is 8. The summed E-state index contributed by atoms with van der Waals surface area (Å²) in [5, 5.41) is 11.5. The highest BCUT2D eigenvalue weighted by Gasteiger charge is 2.13. The Bertz CT molecular complexity index is 980. The second kappa shape index (κ2) is 9.68. The van der Waals surface area contributed by atoms with Crippen LogP contribution in [0.1, 0.15) is 15.9 Å².